The second kappa shape index (κ2) is 9.95. The van der Waals surface area contributed by atoms with Crippen LogP contribution in [0.1, 0.15) is 12.0 Å². The number of nitrogens with zero attached hydrogens (tertiary/aromatic N) is 4. The third-order valence-electron chi connectivity index (χ3n) is 5.30. The summed E-state index contributed by atoms with van der Waals surface area (Å²) in [4.78, 5) is 23.9. The number of hydrogen-bond acceptors (Lipinski definition) is 6. The van der Waals surface area contributed by atoms with Gasteiger partial charge < -0.3 is 14.4 Å². The van der Waals surface area contributed by atoms with Gasteiger partial charge >= 0.3 is 0 Å². The van der Waals surface area contributed by atoms with Gasteiger partial charge in [-0.25, -0.2) is 9.97 Å². The first-order chi connectivity index (χ1) is 16.0. The first kappa shape index (κ1) is 22.7. The minimum absolute atomic E-state index is 0.132. The maximum Gasteiger partial charge on any atom is 0.222 e. The van der Waals surface area contributed by atoms with Crippen molar-refractivity contribution in [2.45, 2.75) is 22.9 Å². The van der Waals surface area contributed by atoms with Crippen LogP contribution in [0.5, 0.6) is 11.5 Å². The van der Waals surface area contributed by atoms with Crippen molar-refractivity contribution in [2.75, 3.05) is 28.3 Å². The Bertz CT molecular complexity index is 1270. The lowest BCUT2D eigenvalue weighted by Crippen LogP contribution is -2.21. The molecule has 8 heteroatoms. The highest BCUT2D eigenvalue weighted by atomic mass is 32.2. The highest BCUT2D eigenvalue weighted by molar-refractivity contribution is 7.99. The molecule has 0 saturated heterocycles. The second-order valence-corrected chi connectivity index (χ2v) is 8.72. The van der Waals surface area contributed by atoms with Gasteiger partial charge in [-0.3, -0.25) is 9.20 Å². The monoisotopic (exact) mass is 462 g/mol. The van der Waals surface area contributed by atoms with Gasteiger partial charge in [-0.05, 0) is 42.3 Å². The average molecular weight is 463 g/mol. The fourth-order valence-electron chi connectivity index (χ4n) is 3.41. The molecule has 0 fully saturated rings. The van der Waals surface area contributed by atoms with Gasteiger partial charge in [0.2, 0.25) is 5.91 Å². The quantitative estimate of drug-likeness (QED) is 0.357. The van der Waals surface area contributed by atoms with E-state index in [1.807, 2.05) is 34.9 Å². The molecular formula is C25H26N4O3S. The van der Waals surface area contributed by atoms with Crippen molar-refractivity contribution in [1.29, 1.82) is 0 Å². The molecule has 0 aliphatic carbocycles. The lowest BCUT2D eigenvalue weighted by molar-refractivity contribution is -0.128. The molecule has 2 heterocycles. The van der Waals surface area contributed by atoms with Crippen molar-refractivity contribution >= 4 is 23.3 Å². The smallest absolute Gasteiger partial charge is 0.222 e. The highest BCUT2D eigenvalue weighted by Gasteiger charge is 2.13. The first-order valence-corrected chi connectivity index (χ1v) is 11.3. The molecule has 0 aliphatic heterocycles. The Kier molecular flexibility index (Phi) is 6.84. The standard InChI is InChI=1S/C25H26N4O3S/c1-28(2)24(30)12-7-17-5-9-19(10-6-17)33-25-27-20(16-23-26-13-14-29(23)25)18-8-11-21(31-3)22(15-18)32-4/h5-6,8-11,13-16H,7,12H2,1-4H3. The number of hydrogen-bond donors (Lipinski definition) is 0. The van der Waals surface area contributed by atoms with Gasteiger partial charge in [0.25, 0.3) is 0 Å². The van der Waals surface area contributed by atoms with Gasteiger partial charge in [0.1, 0.15) is 5.65 Å². The van der Waals surface area contributed by atoms with Crippen molar-refractivity contribution in [2.24, 2.45) is 0 Å². The molecule has 33 heavy (non-hydrogen) atoms. The number of benzene rings is 2. The molecule has 4 rings (SSSR count). The third kappa shape index (κ3) is 5.12. The maximum absolute atomic E-state index is 11.8. The van der Waals surface area contributed by atoms with E-state index in [0.717, 1.165) is 38.9 Å². The largest absolute Gasteiger partial charge is 0.493 e. The molecule has 170 valence electrons. The summed E-state index contributed by atoms with van der Waals surface area (Å²) in [6.45, 7) is 0. The molecule has 2 aromatic heterocycles. The molecule has 0 aliphatic rings. The molecule has 7 nitrogen and oxygen atoms in total. The number of amides is 1. The van der Waals surface area contributed by atoms with E-state index in [2.05, 4.69) is 29.2 Å². The lowest BCUT2D eigenvalue weighted by atomic mass is 10.1. The van der Waals surface area contributed by atoms with Gasteiger partial charge in [0.15, 0.2) is 16.7 Å². The zero-order valence-electron chi connectivity index (χ0n) is 19.1. The molecule has 0 spiro atoms. The Hall–Kier alpha value is -3.52. The number of imidazole rings is 1. The van der Waals surface area contributed by atoms with Crippen molar-refractivity contribution in [3.63, 3.8) is 0 Å². The van der Waals surface area contributed by atoms with Crippen LogP contribution in [-0.4, -0.2) is 53.5 Å². The zero-order valence-corrected chi connectivity index (χ0v) is 19.9. The van der Waals surface area contributed by atoms with Crippen LogP contribution in [0.2, 0.25) is 0 Å². The van der Waals surface area contributed by atoms with Crippen molar-refractivity contribution in [3.05, 3.63) is 66.5 Å². The lowest BCUT2D eigenvalue weighted by Gasteiger charge is -2.12. The Balaban J connectivity index is 1.60. The molecule has 0 unspecified atom stereocenters. The Morgan fingerprint density at radius 3 is 2.48 bits per heavy atom. The Morgan fingerprint density at radius 2 is 1.79 bits per heavy atom. The van der Waals surface area contributed by atoms with E-state index in [0.29, 0.717) is 17.9 Å². The van der Waals surface area contributed by atoms with Crippen LogP contribution in [-0.2, 0) is 11.2 Å². The van der Waals surface area contributed by atoms with E-state index >= 15 is 0 Å². The third-order valence-corrected chi connectivity index (χ3v) is 6.27. The van der Waals surface area contributed by atoms with Crippen molar-refractivity contribution in [1.82, 2.24) is 19.3 Å². The summed E-state index contributed by atoms with van der Waals surface area (Å²) in [5.41, 5.74) is 3.67. The Labute approximate surface area is 197 Å². The summed E-state index contributed by atoms with van der Waals surface area (Å²) in [7, 11) is 6.80. The number of rotatable bonds is 8. The number of carbonyl (C=O) groups is 1. The van der Waals surface area contributed by atoms with E-state index in [1.165, 1.54) is 0 Å². The van der Waals surface area contributed by atoms with Gasteiger partial charge in [-0.1, -0.05) is 23.9 Å². The molecule has 2 aromatic carbocycles. The minimum atomic E-state index is 0.132. The number of fused-ring (bicyclic) bond motifs is 1. The Morgan fingerprint density at radius 1 is 1.03 bits per heavy atom. The fourth-order valence-corrected chi connectivity index (χ4v) is 4.29. The van der Waals surface area contributed by atoms with Crippen LogP contribution in [0.15, 0.2) is 71.0 Å². The van der Waals surface area contributed by atoms with Gasteiger partial charge in [0.05, 0.1) is 19.9 Å². The van der Waals surface area contributed by atoms with Crippen molar-refractivity contribution in [3.8, 4) is 22.8 Å². The van der Waals surface area contributed by atoms with Crippen LogP contribution in [0.4, 0.5) is 0 Å². The van der Waals surface area contributed by atoms with Crippen LogP contribution in [0.3, 0.4) is 0 Å². The van der Waals surface area contributed by atoms with Crippen molar-refractivity contribution < 1.29 is 14.3 Å². The number of methoxy groups -OCH3 is 2. The summed E-state index contributed by atoms with van der Waals surface area (Å²) < 4.78 is 12.8. The first-order valence-electron chi connectivity index (χ1n) is 10.5. The summed E-state index contributed by atoms with van der Waals surface area (Å²) in [6.07, 6.45) is 4.90. The molecule has 0 atom stereocenters. The van der Waals surface area contributed by atoms with E-state index in [4.69, 9.17) is 14.5 Å². The SMILES string of the molecule is COc1ccc(-c2cc3nccn3c(Sc3ccc(CCC(=O)N(C)C)cc3)n2)cc1OC. The predicted octanol–water partition coefficient (Wildman–Crippen LogP) is 4.59. The van der Waals surface area contributed by atoms with Crippen LogP contribution < -0.4 is 9.47 Å². The summed E-state index contributed by atoms with van der Waals surface area (Å²) in [6, 6.07) is 16.0. The zero-order chi connectivity index (χ0) is 23.4. The number of ether oxygens (including phenoxy) is 2. The van der Waals surface area contributed by atoms with Gasteiger partial charge in [0, 0.05) is 49.4 Å². The summed E-state index contributed by atoms with van der Waals surface area (Å²) in [5.74, 6) is 1.45. The number of aromatic nitrogens is 3. The second-order valence-electron chi connectivity index (χ2n) is 7.68. The number of aryl methyl sites for hydroxylation is 1. The van der Waals surface area contributed by atoms with Crippen LogP contribution in [0, 0.1) is 0 Å². The molecule has 0 radical (unpaired) electrons. The van der Waals surface area contributed by atoms with Crippen LogP contribution in [0.25, 0.3) is 16.9 Å². The maximum atomic E-state index is 11.8. The van der Waals surface area contributed by atoms with E-state index in [-0.39, 0.29) is 5.91 Å². The van der Waals surface area contributed by atoms with E-state index < -0.39 is 0 Å². The summed E-state index contributed by atoms with van der Waals surface area (Å²) >= 11 is 1.57. The summed E-state index contributed by atoms with van der Waals surface area (Å²) in [5, 5.41) is 0.810. The predicted molar refractivity (Wildman–Crippen MR) is 129 cm³/mol. The van der Waals surface area contributed by atoms with Gasteiger partial charge in [-0.15, -0.1) is 0 Å². The molecule has 0 saturated carbocycles. The molecule has 0 N–H and O–H groups in total. The number of carbonyl (C=O) groups excluding carboxylic acids is 1. The average Bonchev–Trinajstić information content (AvgIpc) is 3.32. The minimum Gasteiger partial charge on any atom is -0.493 e. The van der Waals surface area contributed by atoms with Crippen LogP contribution >= 0.6 is 11.8 Å². The molecular weight excluding hydrogens is 436 g/mol. The highest BCUT2D eigenvalue weighted by Crippen LogP contribution is 2.34. The van der Waals surface area contributed by atoms with E-state index in [9.17, 15) is 4.79 Å². The molecule has 0 bridgehead atoms. The molecule has 1 amide bonds. The topological polar surface area (TPSA) is 69.0 Å². The normalized spacial score (nSPS) is 10.9. The molecule has 4 aromatic rings. The fraction of sp³-hybridized carbons (Fsp3) is 0.240. The van der Waals surface area contributed by atoms with E-state index in [1.54, 1.807) is 51.2 Å². The van der Waals surface area contributed by atoms with Gasteiger partial charge in [-0.2, -0.15) is 0 Å².